The van der Waals surface area contributed by atoms with Crippen molar-refractivity contribution in [3.8, 4) is 0 Å². The number of aromatic amines is 1. The van der Waals surface area contributed by atoms with Gasteiger partial charge in [0.2, 0.25) is 5.91 Å². The Morgan fingerprint density at radius 2 is 2.18 bits per heavy atom. The van der Waals surface area contributed by atoms with Crippen molar-refractivity contribution in [1.82, 2.24) is 20.2 Å². The van der Waals surface area contributed by atoms with Gasteiger partial charge in [-0.15, -0.1) is 12.4 Å². The van der Waals surface area contributed by atoms with Gasteiger partial charge in [-0.25, -0.2) is 9.37 Å². The summed E-state index contributed by atoms with van der Waals surface area (Å²) in [6.45, 7) is 3.05. The molecule has 0 radical (unpaired) electrons. The number of fused-ring (bicyclic) bond motifs is 1. The van der Waals surface area contributed by atoms with Crippen LogP contribution in [-0.2, 0) is 11.3 Å². The first-order valence-corrected chi connectivity index (χ1v) is 6.65. The molecule has 8 heteroatoms. The minimum Gasteiger partial charge on any atom is -0.358 e. The highest BCUT2D eigenvalue weighted by atomic mass is 35.5. The van der Waals surface area contributed by atoms with E-state index >= 15 is 0 Å². The van der Waals surface area contributed by atoms with Gasteiger partial charge in [-0.2, -0.15) is 0 Å². The predicted molar refractivity (Wildman–Crippen MR) is 84.6 cm³/mol. The van der Waals surface area contributed by atoms with Crippen LogP contribution < -0.4 is 10.9 Å². The van der Waals surface area contributed by atoms with E-state index in [2.05, 4.69) is 15.3 Å². The van der Waals surface area contributed by atoms with Gasteiger partial charge in [0.1, 0.15) is 11.6 Å². The number of H-pyrrole nitrogens is 1. The first-order valence-electron chi connectivity index (χ1n) is 6.65. The fraction of sp³-hybridized carbons (Fsp3) is 0.357. The molecule has 1 aromatic heterocycles. The maximum atomic E-state index is 13.2. The Balaban J connectivity index is 0.00000242. The molecule has 0 atom stereocenters. The average molecular weight is 329 g/mol. The summed E-state index contributed by atoms with van der Waals surface area (Å²) in [5, 5.41) is 2.88. The number of hydrogen-bond donors (Lipinski definition) is 2. The predicted octanol–water partition coefficient (Wildman–Crippen LogP) is 1.05. The average Bonchev–Trinajstić information content (AvgIpc) is 2.45. The van der Waals surface area contributed by atoms with E-state index in [9.17, 15) is 14.0 Å². The second-order valence-corrected chi connectivity index (χ2v) is 4.65. The fourth-order valence-electron chi connectivity index (χ4n) is 2.01. The Morgan fingerprint density at radius 1 is 1.45 bits per heavy atom. The zero-order chi connectivity index (χ0) is 15.4. The van der Waals surface area contributed by atoms with Crippen LogP contribution in [0, 0.1) is 5.82 Å². The van der Waals surface area contributed by atoms with Crippen molar-refractivity contribution in [3.05, 3.63) is 40.2 Å². The first-order chi connectivity index (χ1) is 10.0. The van der Waals surface area contributed by atoms with Gasteiger partial charge in [0.25, 0.3) is 5.56 Å². The molecule has 2 aromatic rings. The Kier molecular flexibility index (Phi) is 6.45. The van der Waals surface area contributed by atoms with Gasteiger partial charge in [0.15, 0.2) is 0 Å². The Bertz CT molecular complexity index is 720. The zero-order valence-corrected chi connectivity index (χ0v) is 13.2. The van der Waals surface area contributed by atoms with Crippen molar-refractivity contribution >= 4 is 29.2 Å². The molecule has 0 unspecified atom stereocenters. The zero-order valence-electron chi connectivity index (χ0n) is 12.4. The molecular formula is C14H18ClFN4O2. The minimum absolute atomic E-state index is 0. The Labute approximate surface area is 133 Å². The number of nitrogens with one attached hydrogen (secondary N) is 2. The summed E-state index contributed by atoms with van der Waals surface area (Å²) < 4.78 is 13.2. The summed E-state index contributed by atoms with van der Waals surface area (Å²) >= 11 is 0. The van der Waals surface area contributed by atoms with E-state index in [4.69, 9.17) is 0 Å². The summed E-state index contributed by atoms with van der Waals surface area (Å²) in [5.74, 6) is -0.154. The Morgan fingerprint density at radius 3 is 2.82 bits per heavy atom. The van der Waals surface area contributed by atoms with Gasteiger partial charge in [0.05, 0.1) is 24.0 Å². The van der Waals surface area contributed by atoms with Crippen molar-refractivity contribution in [1.29, 1.82) is 0 Å². The van der Waals surface area contributed by atoms with Crippen LogP contribution in [0.15, 0.2) is 23.0 Å². The molecule has 120 valence electrons. The van der Waals surface area contributed by atoms with Crippen LogP contribution in [0.3, 0.4) is 0 Å². The lowest BCUT2D eigenvalue weighted by atomic mass is 10.2. The molecule has 1 heterocycles. The van der Waals surface area contributed by atoms with Gasteiger partial charge >= 0.3 is 0 Å². The third-order valence-electron chi connectivity index (χ3n) is 3.18. The molecule has 0 aliphatic carbocycles. The topological polar surface area (TPSA) is 78.1 Å². The van der Waals surface area contributed by atoms with E-state index in [-0.39, 0.29) is 30.4 Å². The lowest BCUT2D eigenvalue weighted by Gasteiger charge is -2.18. The minimum atomic E-state index is -0.441. The highest BCUT2D eigenvalue weighted by Gasteiger charge is 2.11. The lowest BCUT2D eigenvalue weighted by molar-refractivity contribution is -0.121. The number of likely N-dealkylation sites (N-methyl/N-ethyl adjacent to an activating group) is 2. The maximum Gasteiger partial charge on any atom is 0.258 e. The monoisotopic (exact) mass is 328 g/mol. The van der Waals surface area contributed by atoms with Crippen molar-refractivity contribution in [2.45, 2.75) is 13.5 Å². The van der Waals surface area contributed by atoms with E-state index < -0.39 is 5.82 Å². The molecule has 2 rings (SSSR count). The van der Waals surface area contributed by atoms with E-state index in [1.54, 1.807) is 7.05 Å². The van der Waals surface area contributed by atoms with Crippen molar-refractivity contribution < 1.29 is 9.18 Å². The Hall–Kier alpha value is -1.99. The molecule has 1 aromatic carbocycles. The number of carbonyl (C=O) groups excluding carboxylic acids is 1. The second-order valence-electron chi connectivity index (χ2n) is 4.65. The van der Waals surface area contributed by atoms with E-state index in [1.807, 2.05) is 11.8 Å². The van der Waals surface area contributed by atoms with E-state index in [1.165, 1.54) is 18.2 Å². The largest absolute Gasteiger partial charge is 0.358 e. The highest BCUT2D eigenvalue weighted by Crippen LogP contribution is 2.10. The molecule has 0 saturated carbocycles. The molecule has 22 heavy (non-hydrogen) atoms. The number of carbonyl (C=O) groups is 1. The van der Waals surface area contributed by atoms with Crippen LogP contribution in [-0.4, -0.2) is 40.9 Å². The van der Waals surface area contributed by atoms with E-state index in [0.717, 1.165) is 0 Å². The van der Waals surface area contributed by atoms with Gasteiger partial charge < -0.3 is 10.3 Å². The van der Waals surface area contributed by atoms with Crippen LogP contribution >= 0.6 is 12.4 Å². The quantitative estimate of drug-likeness (QED) is 0.860. The molecule has 1 amide bonds. The number of hydrogen-bond acceptors (Lipinski definition) is 4. The van der Waals surface area contributed by atoms with Crippen LogP contribution in [0.25, 0.3) is 10.9 Å². The summed E-state index contributed by atoms with van der Waals surface area (Å²) in [7, 11) is 1.56. The molecule has 0 saturated heterocycles. The summed E-state index contributed by atoms with van der Waals surface area (Å²) in [6, 6.07) is 3.86. The number of amides is 1. The van der Waals surface area contributed by atoms with Crippen LogP contribution in [0.5, 0.6) is 0 Å². The SMILES string of the molecule is CCN(CC(=O)NC)Cc1nc2cc(F)ccc2c(=O)[nH]1.Cl. The number of aromatic nitrogens is 2. The third-order valence-corrected chi connectivity index (χ3v) is 3.18. The van der Waals surface area contributed by atoms with Crippen LogP contribution in [0.1, 0.15) is 12.7 Å². The third kappa shape index (κ3) is 4.25. The van der Waals surface area contributed by atoms with Gasteiger partial charge in [-0.1, -0.05) is 6.92 Å². The van der Waals surface area contributed by atoms with Gasteiger partial charge in [0, 0.05) is 13.1 Å². The molecule has 6 nitrogen and oxygen atoms in total. The lowest BCUT2D eigenvalue weighted by Crippen LogP contribution is -2.35. The normalized spacial score (nSPS) is 10.5. The van der Waals surface area contributed by atoms with Gasteiger partial charge in [-0.3, -0.25) is 14.5 Å². The summed E-state index contributed by atoms with van der Waals surface area (Å²) in [4.78, 5) is 32.1. The summed E-state index contributed by atoms with van der Waals surface area (Å²) in [5.41, 5.74) is -0.00394. The first kappa shape index (κ1) is 18.1. The molecule has 0 fully saturated rings. The number of nitrogens with zero attached hydrogens (tertiary/aromatic N) is 2. The van der Waals surface area contributed by atoms with Crippen LogP contribution in [0.4, 0.5) is 4.39 Å². The molecule has 0 bridgehead atoms. The maximum absolute atomic E-state index is 13.2. The van der Waals surface area contributed by atoms with E-state index in [0.29, 0.717) is 29.8 Å². The molecular weight excluding hydrogens is 311 g/mol. The number of rotatable bonds is 5. The van der Waals surface area contributed by atoms with Crippen LogP contribution in [0.2, 0.25) is 0 Å². The smallest absolute Gasteiger partial charge is 0.258 e. The summed E-state index contributed by atoms with van der Waals surface area (Å²) in [6.07, 6.45) is 0. The van der Waals surface area contributed by atoms with Gasteiger partial charge in [-0.05, 0) is 18.7 Å². The number of benzene rings is 1. The number of halogens is 2. The van der Waals surface area contributed by atoms with Crippen molar-refractivity contribution in [3.63, 3.8) is 0 Å². The molecule has 0 aliphatic rings. The highest BCUT2D eigenvalue weighted by molar-refractivity contribution is 5.85. The second kappa shape index (κ2) is 7.86. The van der Waals surface area contributed by atoms with Crippen molar-refractivity contribution in [2.24, 2.45) is 0 Å². The van der Waals surface area contributed by atoms with Crippen molar-refractivity contribution in [2.75, 3.05) is 20.1 Å². The molecule has 0 aliphatic heterocycles. The fourth-order valence-corrected chi connectivity index (χ4v) is 2.01. The molecule has 0 spiro atoms. The standard InChI is InChI=1S/C14H17FN4O2.ClH/c1-3-19(8-13(20)16-2)7-12-17-11-6-9(15)4-5-10(11)14(21)18-12;/h4-6H,3,7-8H2,1-2H3,(H,16,20)(H,17,18,21);1H. The molecule has 2 N–H and O–H groups in total.